The Bertz CT molecular complexity index is 967. The van der Waals surface area contributed by atoms with E-state index in [0.717, 1.165) is 16.6 Å². The first-order valence-electron chi connectivity index (χ1n) is 9.16. The largest absolute Gasteiger partial charge is 0.383 e. The number of nitrogens with zero attached hydrogens (tertiary/aromatic N) is 4. The fourth-order valence-corrected chi connectivity index (χ4v) is 3.15. The summed E-state index contributed by atoms with van der Waals surface area (Å²) in [5.41, 5.74) is 2.55. The smallest absolute Gasteiger partial charge is 0.274 e. The van der Waals surface area contributed by atoms with E-state index in [9.17, 15) is 4.79 Å². The van der Waals surface area contributed by atoms with Gasteiger partial charge in [-0.15, -0.1) is 0 Å². The topological polar surface area (TPSA) is 105 Å². The molecule has 146 valence electrons. The molecule has 0 atom stereocenters. The maximum Gasteiger partial charge on any atom is 0.274 e. The van der Waals surface area contributed by atoms with Crippen LogP contribution in [0.4, 0.5) is 5.82 Å². The Morgan fingerprint density at radius 1 is 1.32 bits per heavy atom. The predicted octanol–water partition coefficient (Wildman–Crippen LogP) is 1.55. The van der Waals surface area contributed by atoms with E-state index in [1.807, 2.05) is 18.3 Å². The lowest BCUT2D eigenvalue weighted by atomic mass is 10.1. The van der Waals surface area contributed by atoms with Crippen LogP contribution < -0.4 is 5.32 Å². The van der Waals surface area contributed by atoms with Crippen LogP contribution in [0.25, 0.3) is 22.3 Å². The van der Waals surface area contributed by atoms with Crippen LogP contribution in [0.3, 0.4) is 0 Å². The Morgan fingerprint density at radius 3 is 3.00 bits per heavy atom. The normalized spacial score (nSPS) is 14.4. The summed E-state index contributed by atoms with van der Waals surface area (Å²) in [4.78, 5) is 31.1. The number of ether oxygens (including phenoxy) is 2. The van der Waals surface area contributed by atoms with Gasteiger partial charge in [-0.25, -0.2) is 9.97 Å². The molecule has 1 amide bonds. The fraction of sp³-hybridized carbons (Fsp3) is 0.368. The van der Waals surface area contributed by atoms with Gasteiger partial charge in [-0.1, -0.05) is 0 Å². The number of amides is 1. The molecule has 0 unspecified atom stereocenters. The second-order valence-corrected chi connectivity index (χ2v) is 6.41. The lowest BCUT2D eigenvalue weighted by molar-refractivity contribution is 0.0299. The number of aromatic amines is 1. The van der Waals surface area contributed by atoms with Crippen molar-refractivity contribution in [3.05, 3.63) is 36.4 Å². The molecule has 4 rings (SSSR count). The number of pyridine rings is 1. The van der Waals surface area contributed by atoms with Crippen LogP contribution in [0.15, 0.2) is 30.7 Å². The van der Waals surface area contributed by atoms with E-state index in [2.05, 4.69) is 25.3 Å². The summed E-state index contributed by atoms with van der Waals surface area (Å²) in [6.07, 6.45) is 5.00. The summed E-state index contributed by atoms with van der Waals surface area (Å²) in [6, 6.07) is 3.85. The number of carbonyl (C=O) groups excluding carboxylic acids is 1. The minimum Gasteiger partial charge on any atom is -0.383 e. The van der Waals surface area contributed by atoms with Gasteiger partial charge in [0.25, 0.3) is 5.91 Å². The van der Waals surface area contributed by atoms with E-state index >= 15 is 0 Å². The fourth-order valence-electron chi connectivity index (χ4n) is 3.15. The van der Waals surface area contributed by atoms with Gasteiger partial charge in [0.2, 0.25) is 0 Å². The van der Waals surface area contributed by atoms with Gasteiger partial charge in [-0.2, -0.15) is 0 Å². The van der Waals surface area contributed by atoms with Crippen LogP contribution in [-0.4, -0.2) is 77.3 Å². The molecule has 1 aliphatic heterocycles. The Balaban J connectivity index is 1.67. The van der Waals surface area contributed by atoms with E-state index in [-0.39, 0.29) is 5.91 Å². The van der Waals surface area contributed by atoms with Gasteiger partial charge in [-0.05, 0) is 12.1 Å². The highest BCUT2D eigenvalue weighted by atomic mass is 16.5. The Labute approximate surface area is 162 Å². The number of fused-ring (bicyclic) bond motifs is 1. The third-order valence-corrected chi connectivity index (χ3v) is 4.57. The Kier molecular flexibility index (Phi) is 5.45. The first-order chi connectivity index (χ1) is 13.8. The number of anilines is 1. The van der Waals surface area contributed by atoms with Gasteiger partial charge in [0, 0.05) is 43.9 Å². The zero-order valence-corrected chi connectivity index (χ0v) is 15.6. The highest BCUT2D eigenvalue weighted by Crippen LogP contribution is 2.28. The molecule has 4 heterocycles. The monoisotopic (exact) mass is 382 g/mol. The molecule has 0 bridgehead atoms. The molecule has 0 spiro atoms. The lowest BCUT2D eigenvalue weighted by Gasteiger charge is -2.26. The van der Waals surface area contributed by atoms with E-state index in [1.165, 1.54) is 6.20 Å². The van der Waals surface area contributed by atoms with Crippen LogP contribution in [-0.2, 0) is 9.47 Å². The molecule has 0 aromatic carbocycles. The van der Waals surface area contributed by atoms with Gasteiger partial charge in [-0.3, -0.25) is 9.78 Å². The van der Waals surface area contributed by atoms with E-state index in [4.69, 9.17) is 9.47 Å². The zero-order valence-electron chi connectivity index (χ0n) is 15.6. The van der Waals surface area contributed by atoms with E-state index in [1.54, 1.807) is 18.2 Å². The second kappa shape index (κ2) is 8.32. The second-order valence-electron chi connectivity index (χ2n) is 6.41. The van der Waals surface area contributed by atoms with Crippen LogP contribution in [0, 0.1) is 0 Å². The maximum atomic E-state index is 12.8. The highest BCUT2D eigenvalue weighted by Gasteiger charge is 2.21. The quantitative estimate of drug-likeness (QED) is 0.623. The third kappa shape index (κ3) is 3.80. The maximum absolute atomic E-state index is 12.8. The summed E-state index contributed by atoms with van der Waals surface area (Å²) >= 11 is 0. The molecule has 3 aromatic heterocycles. The molecule has 1 fully saturated rings. The number of methoxy groups -OCH3 is 1. The van der Waals surface area contributed by atoms with Gasteiger partial charge < -0.3 is 24.7 Å². The SMILES string of the molecule is COCCNc1cc(-c2cncc(C(=O)N3CCOCC3)n2)c2cc[nH]c2n1. The molecule has 28 heavy (non-hydrogen) atoms. The van der Waals surface area contributed by atoms with Crippen molar-refractivity contribution in [1.29, 1.82) is 0 Å². The first kappa shape index (κ1) is 18.3. The highest BCUT2D eigenvalue weighted by molar-refractivity contribution is 5.96. The third-order valence-electron chi connectivity index (χ3n) is 4.57. The zero-order chi connectivity index (χ0) is 19.3. The van der Waals surface area contributed by atoms with Crippen molar-refractivity contribution in [2.45, 2.75) is 0 Å². The molecule has 9 heteroatoms. The summed E-state index contributed by atoms with van der Waals surface area (Å²) in [5, 5.41) is 4.15. The molecule has 0 saturated carbocycles. The molecular formula is C19H22N6O3. The molecule has 0 aliphatic carbocycles. The summed E-state index contributed by atoms with van der Waals surface area (Å²) in [5.74, 6) is 0.573. The first-order valence-corrected chi connectivity index (χ1v) is 9.16. The predicted molar refractivity (Wildman–Crippen MR) is 104 cm³/mol. The lowest BCUT2D eigenvalue weighted by Crippen LogP contribution is -2.41. The molecule has 1 saturated heterocycles. The number of nitrogens with one attached hydrogen (secondary N) is 2. The van der Waals surface area contributed by atoms with Crippen molar-refractivity contribution in [3.8, 4) is 11.3 Å². The minimum absolute atomic E-state index is 0.129. The average Bonchev–Trinajstić information content (AvgIpc) is 3.22. The number of aromatic nitrogens is 4. The van der Waals surface area contributed by atoms with Crippen molar-refractivity contribution in [2.75, 3.05) is 51.9 Å². The standard InChI is InChI=1S/C19H22N6O3/c1-27-7-4-21-17-10-14(13-2-3-22-18(13)24-17)15-11-20-12-16(23-15)19(26)25-5-8-28-9-6-25/h2-3,10-12H,4-9H2,1H3,(H2,21,22,24). The van der Waals surface area contributed by atoms with Crippen LogP contribution in [0.2, 0.25) is 0 Å². The number of hydrogen-bond acceptors (Lipinski definition) is 7. The number of carbonyl (C=O) groups is 1. The number of H-pyrrole nitrogens is 1. The van der Waals surface area contributed by atoms with Gasteiger partial charge in [0.15, 0.2) is 0 Å². The minimum atomic E-state index is -0.129. The van der Waals surface area contributed by atoms with Crippen molar-refractivity contribution in [1.82, 2.24) is 24.8 Å². The van der Waals surface area contributed by atoms with Crippen molar-refractivity contribution < 1.29 is 14.3 Å². The van der Waals surface area contributed by atoms with Gasteiger partial charge in [0.1, 0.15) is 17.2 Å². The van der Waals surface area contributed by atoms with Crippen LogP contribution >= 0.6 is 0 Å². The van der Waals surface area contributed by atoms with Crippen LogP contribution in [0.5, 0.6) is 0 Å². The number of rotatable bonds is 6. The van der Waals surface area contributed by atoms with Crippen molar-refractivity contribution >= 4 is 22.8 Å². The molecule has 9 nitrogen and oxygen atoms in total. The molecule has 0 radical (unpaired) electrons. The Hall–Kier alpha value is -3.04. The molecule has 2 N–H and O–H groups in total. The number of hydrogen-bond donors (Lipinski definition) is 2. The summed E-state index contributed by atoms with van der Waals surface area (Å²) < 4.78 is 10.4. The van der Waals surface area contributed by atoms with Crippen molar-refractivity contribution in [2.24, 2.45) is 0 Å². The average molecular weight is 382 g/mol. The van der Waals surface area contributed by atoms with Crippen molar-refractivity contribution in [3.63, 3.8) is 0 Å². The van der Waals surface area contributed by atoms with Crippen LogP contribution in [0.1, 0.15) is 10.5 Å². The summed E-state index contributed by atoms with van der Waals surface area (Å²) in [6.45, 7) is 3.43. The van der Waals surface area contributed by atoms with E-state index < -0.39 is 0 Å². The summed E-state index contributed by atoms with van der Waals surface area (Å²) in [7, 11) is 1.65. The Morgan fingerprint density at radius 2 is 2.18 bits per heavy atom. The van der Waals surface area contributed by atoms with E-state index in [0.29, 0.717) is 56.7 Å². The van der Waals surface area contributed by atoms with Gasteiger partial charge in [0.05, 0.1) is 37.9 Å². The molecular weight excluding hydrogens is 360 g/mol. The van der Waals surface area contributed by atoms with Gasteiger partial charge >= 0.3 is 0 Å². The molecule has 3 aromatic rings. The number of morpholine rings is 1. The molecule has 1 aliphatic rings.